The lowest BCUT2D eigenvalue weighted by molar-refractivity contribution is 1.06. The van der Waals surface area contributed by atoms with Crippen LogP contribution in [0.5, 0.6) is 0 Å². The highest BCUT2D eigenvalue weighted by molar-refractivity contribution is 7.09. The van der Waals surface area contributed by atoms with Crippen molar-refractivity contribution < 1.29 is 0 Å². The maximum atomic E-state index is 4.37. The van der Waals surface area contributed by atoms with E-state index >= 15 is 0 Å². The molecule has 0 atom stereocenters. The molecule has 3 rings (SSSR count). The number of rotatable bonds is 4. The van der Waals surface area contributed by atoms with E-state index in [1.54, 1.807) is 30.8 Å². The van der Waals surface area contributed by atoms with Crippen molar-refractivity contribution in [2.24, 2.45) is 0 Å². The highest BCUT2D eigenvalue weighted by Gasteiger charge is 2.08. The predicted octanol–water partition coefficient (Wildman–Crippen LogP) is 1.46. The van der Waals surface area contributed by atoms with Gasteiger partial charge in [0.2, 0.25) is 5.95 Å². The molecule has 8 heteroatoms. The monoisotopic (exact) mass is 261 g/mol. The van der Waals surface area contributed by atoms with Gasteiger partial charge in [0.1, 0.15) is 10.8 Å². The Balaban J connectivity index is 1.92. The fraction of sp³-hybridized carbons (Fsp3) is 0.200. The topological polar surface area (TPSA) is 91.4 Å². The molecule has 0 saturated carbocycles. The van der Waals surface area contributed by atoms with E-state index in [1.807, 2.05) is 5.38 Å². The van der Waals surface area contributed by atoms with Crippen LogP contribution in [0.2, 0.25) is 0 Å². The molecule has 3 aromatic heterocycles. The number of nitrogens with one attached hydrogen (secondary N) is 3. The van der Waals surface area contributed by atoms with E-state index in [2.05, 4.69) is 35.8 Å². The van der Waals surface area contributed by atoms with Gasteiger partial charge < -0.3 is 10.6 Å². The van der Waals surface area contributed by atoms with Gasteiger partial charge in [-0.15, -0.1) is 11.3 Å². The number of aromatic amines is 1. The second kappa shape index (κ2) is 4.57. The van der Waals surface area contributed by atoms with Crippen LogP contribution in [0, 0.1) is 0 Å². The third-order valence-corrected chi connectivity index (χ3v) is 3.20. The van der Waals surface area contributed by atoms with Crippen molar-refractivity contribution >= 4 is 34.1 Å². The molecule has 7 nitrogen and oxygen atoms in total. The Labute approximate surface area is 107 Å². The smallest absolute Gasteiger partial charge is 0.226 e. The molecule has 0 aliphatic rings. The molecule has 0 spiro atoms. The summed E-state index contributed by atoms with van der Waals surface area (Å²) in [4.78, 5) is 12.9. The van der Waals surface area contributed by atoms with Crippen LogP contribution in [0.25, 0.3) is 11.0 Å². The summed E-state index contributed by atoms with van der Waals surface area (Å²) in [6.07, 6.45) is 3.49. The highest BCUT2D eigenvalue weighted by atomic mass is 32.1. The summed E-state index contributed by atoms with van der Waals surface area (Å²) in [5, 5.41) is 16.8. The van der Waals surface area contributed by atoms with E-state index < -0.39 is 0 Å². The summed E-state index contributed by atoms with van der Waals surface area (Å²) in [7, 11) is 1.78. The Morgan fingerprint density at radius 3 is 3.11 bits per heavy atom. The molecule has 0 fully saturated rings. The van der Waals surface area contributed by atoms with Gasteiger partial charge in [-0.3, -0.25) is 5.10 Å². The maximum Gasteiger partial charge on any atom is 0.226 e. The third kappa shape index (κ3) is 1.97. The van der Waals surface area contributed by atoms with Gasteiger partial charge in [0.25, 0.3) is 0 Å². The molecule has 0 radical (unpaired) electrons. The Kier molecular flexibility index (Phi) is 2.77. The Hall–Kier alpha value is -2.22. The molecule has 18 heavy (non-hydrogen) atoms. The molecule has 92 valence electrons. The predicted molar refractivity (Wildman–Crippen MR) is 70.7 cm³/mol. The summed E-state index contributed by atoms with van der Waals surface area (Å²) >= 11 is 1.60. The largest absolute Gasteiger partial charge is 0.363 e. The van der Waals surface area contributed by atoms with E-state index in [4.69, 9.17) is 0 Å². The molecule has 0 amide bonds. The lowest BCUT2D eigenvalue weighted by Gasteiger charge is -2.06. The molecule has 0 unspecified atom stereocenters. The number of thiazole rings is 1. The Morgan fingerprint density at radius 2 is 2.33 bits per heavy atom. The average molecular weight is 261 g/mol. The van der Waals surface area contributed by atoms with Crippen LogP contribution >= 0.6 is 11.3 Å². The van der Waals surface area contributed by atoms with Crippen LogP contribution in [0.15, 0.2) is 17.8 Å². The number of anilines is 2. The van der Waals surface area contributed by atoms with Crippen LogP contribution in [0.1, 0.15) is 5.01 Å². The molecule has 0 saturated heterocycles. The van der Waals surface area contributed by atoms with Gasteiger partial charge in [-0.1, -0.05) is 0 Å². The van der Waals surface area contributed by atoms with Gasteiger partial charge in [0.05, 0.1) is 18.1 Å². The standard InChI is InChI=1S/C10H11N7S/c1-11-10-15-8(6-4-14-17-9(6)16-10)13-5-7-12-2-3-18-7/h2-4H,5H2,1H3,(H3,11,13,14,15,16,17). The minimum atomic E-state index is 0.549. The first kappa shape index (κ1) is 10.9. The normalized spacial score (nSPS) is 10.7. The molecule has 0 aromatic carbocycles. The highest BCUT2D eigenvalue weighted by Crippen LogP contribution is 2.20. The van der Waals surface area contributed by atoms with Crippen LogP contribution in [0.3, 0.4) is 0 Å². The molecule has 3 aromatic rings. The quantitative estimate of drug-likeness (QED) is 0.658. The van der Waals surface area contributed by atoms with Gasteiger partial charge in [-0.25, -0.2) is 4.98 Å². The molecule has 0 bridgehead atoms. The van der Waals surface area contributed by atoms with Gasteiger partial charge in [-0.2, -0.15) is 15.1 Å². The number of nitrogens with zero attached hydrogens (tertiary/aromatic N) is 4. The van der Waals surface area contributed by atoms with E-state index in [0.29, 0.717) is 18.1 Å². The maximum absolute atomic E-state index is 4.37. The lowest BCUT2D eigenvalue weighted by Crippen LogP contribution is -2.05. The third-order valence-electron chi connectivity index (χ3n) is 2.42. The van der Waals surface area contributed by atoms with Crippen LogP contribution in [-0.4, -0.2) is 32.2 Å². The van der Waals surface area contributed by atoms with Crippen LogP contribution in [0.4, 0.5) is 11.8 Å². The van der Waals surface area contributed by atoms with Crippen molar-refractivity contribution in [2.45, 2.75) is 6.54 Å². The summed E-state index contributed by atoms with van der Waals surface area (Å²) in [6, 6.07) is 0. The van der Waals surface area contributed by atoms with Crippen molar-refractivity contribution in [3.8, 4) is 0 Å². The number of aromatic nitrogens is 5. The first-order chi connectivity index (χ1) is 8.86. The summed E-state index contributed by atoms with van der Waals surface area (Å²) in [5.74, 6) is 1.29. The zero-order valence-electron chi connectivity index (χ0n) is 9.64. The average Bonchev–Trinajstić information content (AvgIpc) is 3.06. The number of fused-ring (bicyclic) bond motifs is 1. The van der Waals surface area contributed by atoms with Crippen LogP contribution in [-0.2, 0) is 6.54 Å². The van der Waals surface area contributed by atoms with E-state index in [-0.39, 0.29) is 0 Å². The molecule has 3 heterocycles. The fourth-order valence-electron chi connectivity index (χ4n) is 1.58. The SMILES string of the molecule is CNc1nc(NCc2nccs2)c2cn[nH]c2n1. The first-order valence-electron chi connectivity index (χ1n) is 5.38. The minimum absolute atomic E-state index is 0.549. The van der Waals surface area contributed by atoms with E-state index in [9.17, 15) is 0 Å². The Morgan fingerprint density at radius 1 is 1.39 bits per heavy atom. The van der Waals surface area contributed by atoms with Gasteiger partial charge in [-0.05, 0) is 0 Å². The fourth-order valence-corrected chi connectivity index (χ4v) is 2.14. The molecule has 0 aliphatic heterocycles. The first-order valence-corrected chi connectivity index (χ1v) is 6.26. The Bertz CT molecular complexity index is 645. The van der Waals surface area contributed by atoms with Crippen molar-refractivity contribution in [1.29, 1.82) is 0 Å². The molecular formula is C10H11N7S. The zero-order valence-corrected chi connectivity index (χ0v) is 10.5. The van der Waals surface area contributed by atoms with Gasteiger partial charge >= 0.3 is 0 Å². The zero-order chi connectivity index (χ0) is 12.4. The lowest BCUT2D eigenvalue weighted by atomic mass is 10.4. The van der Waals surface area contributed by atoms with Gasteiger partial charge in [0, 0.05) is 18.6 Å². The van der Waals surface area contributed by atoms with Crippen LogP contribution < -0.4 is 10.6 Å². The van der Waals surface area contributed by atoms with Crippen molar-refractivity contribution in [1.82, 2.24) is 25.1 Å². The number of H-pyrrole nitrogens is 1. The second-order valence-corrected chi connectivity index (χ2v) is 4.54. The number of hydrogen-bond donors (Lipinski definition) is 3. The summed E-state index contributed by atoms with van der Waals surface area (Å²) in [6.45, 7) is 0.637. The van der Waals surface area contributed by atoms with Crippen molar-refractivity contribution in [2.75, 3.05) is 17.7 Å². The number of hydrogen-bond acceptors (Lipinski definition) is 7. The second-order valence-electron chi connectivity index (χ2n) is 3.56. The summed E-state index contributed by atoms with van der Waals surface area (Å²) in [5.41, 5.74) is 0.705. The molecule has 3 N–H and O–H groups in total. The van der Waals surface area contributed by atoms with Crippen molar-refractivity contribution in [3.63, 3.8) is 0 Å². The van der Waals surface area contributed by atoms with E-state index in [0.717, 1.165) is 16.2 Å². The summed E-state index contributed by atoms with van der Waals surface area (Å²) < 4.78 is 0. The minimum Gasteiger partial charge on any atom is -0.363 e. The van der Waals surface area contributed by atoms with Crippen molar-refractivity contribution in [3.05, 3.63) is 22.8 Å². The molecule has 0 aliphatic carbocycles. The van der Waals surface area contributed by atoms with Gasteiger partial charge in [0.15, 0.2) is 5.65 Å². The van der Waals surface area contributed by atoms with E-state index in [1.165, 1.54) is 0 Å². The molecular weight excluding hydrogens is 250 g/mol.